The quantitative estimate of drug-likeness (QED) is 0.663. The molecule has 0 saturated heterocycles. The van der Waals surface area contributed by atoms with E-state index in [4.69, 9.17) is 15.9 Å². The van der Waals surface area contributed by atoms with E-state index >= 15 is 0 Å². The third-order valence-corrected chi connectivity index (χ3v) is 2.48. The summed E-state index contributed by atoms with van der Waals surface area (Å²) in [5.41, 5.74) is 4.89. The zero-order valence-electron chi connectivity index (χ0n) is 8.59. The Bertz CT molecular complexity index is 409. The van der Waals surface area contributed by atoms with Crippen LogP contribution in [-0.2, 0) is 0 Å². The standard InChI is InChI=1S/C10H10BrF3N2O/c11-6-2-1-3-7(4-6)17-5-8(9(15)16)10(12,13)14/h1-4,8H,5H2,(H3,15,16). The zero-order valence-corrected chi connectivity index (χ0v) is 10.2. The molecule has 1 unspecified atom stereocenters. The lowest BCUT2D eigenvalue weighted by atomic mass is 10.1. The second kappa shape index (κ2) is 5.39. The van der Waals surface area contributed by atoms with Crippen LogP contribution < -0.4 is 10.5 Å². The second-order valence-electron chi connectivity index (χ2n) is 3.32. The summed E-state index contributed by atoms with van der Waals surface area (Å²) >= 11 is 3.17. The van der Waals surface area contributed by atoms with E-state index in [0.717, 1.165) is 0 Å². The molecule has 7 heteroatoms. The normalized spacial score (nSPS) is 13.2. The smallest absolute Gasteiger partial charge is 0.401 e. The van der Waals surface area contributed by atoms with Crippen LogP contribution in [0.1, 0.15) is 0 Å². The topological polar surface area (TPSA) is 59.1 Å². The fourth-order valence-corrected chi connectivity index (χ4v) is 1.48. The van der Waals surface area contributed by atoms with E-state index in [-0.39, 0.29) is 5.75 Å². The average Bonchev–Trinajstić information content (AvgIpc) is 2.15. The van der Waals surface area contributed by atoms with Crippen molar-refractivity contribution < 1.29 is 17.9 Å². The van der Waals surface area contributed by atoms with Crippen molar-refractivity contribution in [3.8, 4) is 5.75 Å². The van der Waals surface area contributed by atoms with Crippen molar-refractivity contribution in [3.05, 3.63) is 28.7 Å². The monoisotopic (exact) mass is 310 g/mol. The number of halogens is 4. The van der Waals surface area contributed by atoms with Gasteiger partial charge in [0, 0.05) is 4.47 Å². The van der Waals surface area contributed by atoms with Crippen molar-refractivity contribution in [2.24, 2.45) is 11.7 Å². The summed E-state index contributed by atoms with van der Waals surface area (Å²) in [7, 11) is 0. The molecule has 0 bridgehead atoms. The van der Waals surface area contributed by atoms with E-state index in [0.29, 0.717) is 4.47 Å². The molecule has 3 nitrogen and oxygen atoms in total. The van der Waals surface area contributed by atoms with E-state index in [1.807, 2.05) is 0 Å². The van der Waals surface area contributed by atoms with Gasteiger partial charge in [0.2, 0.25) is 0 Å². The molecule has 1 aromatic rings. The van der Waals surface area contributed by atoms with Crippen molar-refractivity contribution in [3.63, 3.8) is 0 Å². The summed E-state index contributed by atoms with van der Waals surface area (Å²) in [6.45, 7) is -0.699. The van der Waals surface area contributed by atoms with Gasteiger partial charge >= 0.3 is 6.18 Å². The van der Waals surface area contributed by atoms with Gasteiger partial charge in [-0.1, -0.05) is 22.0 Å². The number of hydrogen-bond acceptors (Lipinski definition) is 2. The van der Waals surface area contributed by atoms with E-state index in [9.17, 15) is 13.2 Å². The van der Waals surface area contributed by atoms with Crippen molar-refractivity contribution in [2.75, 3.05) is 6.61 Å². The zero-order chi connectivity index (χ0) is 13.1. The third-order valence-electron chi connectivity index (χ3n) is 1.98. The van der Waals surface area contributed by atoms with Gasteiger partial charge in [-0.25, -0.2) is 0 Å². The first-order valence-corrected chi connectivity index (χ1v) is 5.39. The minimum Gasteiger partial charge on any atom is -0.492 e. The lowest BCUT2D eigenvalue weighted by molar-refractivity contribution is -0.162. The van der Waals surface area contributed by atoms with Crippen LogP contribution in [0, 0.1) is 11.3 Å². The average molecular weight is 311 g/mol. The molecule has 1 rings (SSSR count). The van der Waals surface area contributed by atoms with Crippen LogP contribution in [0.2, 0.25) is 0 Å². The van der Waals surface area contributed by atoms with Gasteiger partial charge in [-0.05, 0) is 18.2 Å². The van der Waals surface area contributed by atoms with E-state index in [1.165, 1.54) is 12.1 Å². The highest BCUT2D eigenvalue weighted by Gasteiger charge is 2.42. The molecule has 0 aliphatic heterocycles. The Balaban J connectivity index is 2.68. The van der Waals surface area contributed by atoms with Gasteiger partial charge in [0.1, 0.15) is 24.1 Å². The molecule has 0 aromatic heterocycles. The molecule has 0 fully saturated rings. The van der Waals surface area contributed by atoms with Crippen LogP contribution >= 0.6 is 15.9 Å². The van der Waals surface area contributed by atoms with Crippen molar-refractivity contribution in [1.29, 1.82) is 5.41 Å². The molecule has 0 aliphatic rings. The van der Waals surface area contributed by atoms with E-state index in [2.05, 4.69) is 15.9 Å². The minimum atomic E-state index is -4.57. The lowest BCUT2D eigenvalue weighted by Gasteiger charge is -2.19. The van der Waals surface area contributed by atoms with Crippen molar-refractivity contribution in [2.45, 2.75) is 6.18 Å². The number of ether oxygens (including phenoxy) is 1. The molecule has 0 aliphatic carbocycles. The minimum absolute atomic E-state index is 0.287. The molecule has 0 heterocycles. The number of alkyl halides is 3. The maximum absolute atomic E-state index is 12.4. The van der Waals surface area contributed by atoms with Crippen LogP contribution in [0.4, 0.5) is 13.2 Å². The molecular formula is C10H10BrF3N2O. The maximum atomic E-state index is 12.4. The van der Waals surface area contributed by atoms with Crippen molar-refractivity contribution >= 4 is 21.8 Å². The van der Waals surface area contributed by atoms with Crippen LogP contribution in [0.5, 0.6) is 5.75 Å². The number of nitrogens with one attached hydrogen (secondary N) is 1. The maximum Gasteiger partial charge on any atom is 0.401 e. The Morgan fingerprint density at radius 1 is 1.47 bits per heavy atom. The predicted octanol–water partition coefficient (Wildman–Crippen LogP) is 2.94. The first-order chi connectivity index (χ1) is 7.80. The highest BCUT2D eigenvalue weighted by Crippen LogP contribution is 2.27. The molecule has 1 aromatic carbocycles. The Kier molecular flexibility index (Phi) is 4.39. The first-order valence-electron chi connectivity index (χ1n) is 4.59. The number of benzene rings is 1. The van der Waals surface area contributed by atoms with Gasteiger partial charge in [-0.2, -0.15) is 13.2 Å². The molecule has 0 spiro atoms. The number of nitrogens with two attached hydrogens (primary N) is 1. The van der Waals surface area contributed by atoms with Crippen LogP contribution in [0.25, 0.3) is 0 Å². The molecule has 17 heavy (non-hydrogen) atoms. The number of hydrogen-bond donors (Lipinski definition) is 2. The molecule has 94 valence electrons. The SMILES string of the molecule is N=C(N)C(COc1cccc(Br)c1)C(F)(F)F. The molecule has 0 saturated carbocycles. The number of amidine groups is 1. The van der Waals surface area contributed by atoms with Crippen LogP contribution in [0.15, 0.2) is 28.7 Å². The lowest BCUT2D eigenvalue weighted by Crippen LogP contribution is -2.39. The fourth-order valence-electron chi connectivity index (χ4n) is 1.10. The van der Waals surface area contributed by atoms with Crippen LogP contribution in [0.3, 0.4) is 0 Å². The highest BCUT2D eigenvalue weighted by molar-refractivity contribution is 9.10. The Morgan fingerprint density at radius 2 is 2.12 bits per heavy atom. The Labute approximate surface area is 104 Å². The number of rotatable bonds is 4. The van der Waals surface area contributed by atoms with Gasteiger partial charge in [-0.3, -0.25) is 5.41 Å². The summed E-state index contributed by atoms with van der Waals surface area (Å²) in [5.74, 6) is -2.75. The second-order valence-corrected chi connectivity index (χ2v) is 4.23. The predicted molar refractivity (Wildman–Crippen MR) is 61.1 cm³/mol. The third kappa shape index (κ3) is 4.26. The van der Waals surface area contributed by atoms with Crippen molar-refractivity contribution in [1.82, 2.24) is 0 Å². The summed E-state index contributed by atoms with van der Waals surface area (Å²) in [5, 5.41) is 6.88. The Hall–Kier alpha value is -1.24. The summed E-state index contributed by atoms with van der Waals surface area (Å²) in [6.07, 6.45) is -4.57. The molecular weight excluding hydrogens is 301 g/mol. The fraction of sp³-hybridized carbons (Fsp3) is 0.300. The summed E-state index contributed by atoms with van der Waals surface area (Å²) in [4.78, 5) is 0. The van der Waals surface area contributed by atoms with Gasteiger partial charge in [0.15, 0.2) is 0 Å². The summed E-state index contributed by atoms with van der Waals surface area (Å²) in [6, 6.07) is 6.42. The first kappa shape index (κ1) is 13.8. The van der Waals surface area contributed by atoms with E-state index in [1.54, 1.807) is 12.1 Å². The largest absolute Gasteiger partial charge is 0.492 e. The highest BCUT2D eigenvalue weighted by atomic mass is 79.9. The summed E-state index contributed by atoms with van der Waals surface area (Å²) < 4.78 is 43.0. The van der Waals surface area contributed by atoms with Crippen LogP contribution in [-0.4, -0.2) is 18.6 Å². The molecule has 0 radical (unpaired) electrons. The molecule has 1 atom stereocenters. The molecule has 3 N–H and O–H groups in total. The molecule has 0 amide bonds. The van der Waals surface area contributed by atoms with Gasteiger partial charge in [0.25, 0.3) is 0 Å². The van der Waals surface area contributed by atoms with Gasteiger partial charge in [-0.15, -0.1) is 0 Å². The van der Waals surface area contributed by atoms with Gasteiger partial charge in [0.05, 0.1) is 0 Å². The van der Waals surface area contributed by atoms with E-state index < -0.39 is 24.5 Å². The Morgan fingerprint density at radius 3 is 2.59 bits per heavy atom. The van der Waals surface area contributed by atoms with Gasteiger partial charge < -0.3 is 10.5 Å².